The molecule has 4 heteroatoms. The number of rotatable bonds is 2. The molecular weight excluding hydrogens is 173 g/mol. The van der Waals surface area contributed by atoms with Crippen LogP contribution in [0.15, 0.2) is 12.2 Å². The fraction of sp³-hybridized carbons (Fsp3) is 0.500. The van der Waals surface area contributed by atoms with Gasteiger partial charge in [-0.3, -0.25) is 5.71 Å². The summed E-state index contributed by atoms with van der Waals surface area (Å²) >= 11 is 0. The molecule has 14 heavy (non-hydrogen) atoms. The second kappa shape index (κ2) is 7.99. The van der Waals surface area contributed by atoms with Crippen molar-refractivity contribution in [1.82, 2.24) is 0 Å². The fourth-order valence-electron chi connectivity index (χ4n) is 0.605. The van der Waals surface area contributed by atoms with Gasteiger partial charge in [0.15, 0.2) is 0 Å². The fourth-order valence-corrected chi connectivity index (χ4v) is 0.605. The molecule has 0 atom stereocenters. The van der Waals surface area contributed by atoms with Crippen molar-refractivity contribution in [2.24, 2.45) is 5.41 Å². The topological polar surface area (TPSA) is 48.6 Å². The van der Waals surface area contributed by atoms with Gasteiger partial charge in [-0.15, -0.1) is 5.41 Å². The third-order valence-electron chi connectivity index (χ3n) is 1.29. The van der Waals surface area contributed by atoms with Gasteiger partial charge >= 0.3 is 18.9 Å². The van der Waals surface area contributed by atoms with Crippen LogP contribution >= 0.6 is 0 Å². The van der Waals surface area contributed by atoms with Crippen LogP contribution in [0.25, 0.3) is 5.41 Å². The number of allylic oxidation sites excluding steroid dienone is 2. The maximum absolute atomic E-state index is 9.37. The average molecular weight is 187 g/mol. The molecule has 0 bridgehead atoms. The maximum atomic E-state index is 9.37. The Balaban J connectivity index is 0. The second-order valence-corrected chi connectivity index (χ2v) is 3.40. The quantitative estimate of drug-likeness (QED) is 0.230. The van der Waals surface area contributed by atoms with Gasteiger partial charge in [0.25, 0.3) is 0 Å². The van der Waals surface area contributed by atoms with Gasteiger partial charge < -0.3 is 21.9 Å². The van der Waals surface area contributed by atoms with E-state index in [-0.39, 0.29) is 30.0 Å². The van der Waals surface area contributed by atoms with Crippen molar-refractivity contribution in [2.75, 3.05) is 13.2 Å². The summed E-state index contributed by atoms with van der Waals surface area (Å²) in [5, 5.41) is 8.33. The van der Waals surface area contributed by atoms with Crippen LogP contribution in [0.3, 0.4) is 0 Å². The molecular formula is C10H14LiNO2-2. The number of carbonyl (C=O) groups excluding carboxylic acids is 1. The third kappa shape index (κ3) is 9.72. The van der Waals surface area contributed by atoms with E-state index in [1.54, 1.807) is 0 Å². The van der Waals surface area contributed by atoms with Gasteiger partial charge in [0, 0.05) is 13.2 Å². The van der Waals surface area contributed by atoms with E-state index in [4.69, 9.17) is 10.1 Å². The van der Waals surface area contributed by atoms with Crippen molar-refractivity contribution >= 4 is 12.0 Å². The molecule has 3 nitrogen and oxygen atoms in total. The van der Waals surface area contributed by atoms with E-state index in [1.807, 2.05) is 0 Å². The summed E-state index contributed by atoms with van der Waals surface area (Å²) in [4.78, 5) is 9.37. The first kappa shape index (κ1) is 16.1. The Hall–Kier alpha value is -0.363. The maximum Gasteiger partial charge on any atom is 1.00 e. The van der Waals surface area contributed by atoms with Crippen LogP contribution in [0.5, 0.6) is 0 Å². The molecule has 1 rings (SSSR count). The van der Waals surface area contributed by atoms with Crippen LogP contribution in [-0.2, 0) is 9.53 Å². The van der Waals surface area contributed by atoms with Crippen molar-refractivity contribution in [3.8, 4) is 0 Å². The largest absolute Gasteiger partial charge is 1.00 e. The smallest absolute Gasteiger partial charge is 0.824 e. The zero-order valence-electron chi connectivity index (χ0n) is 9.04. The van der Waals surface area contributed by atoms with E-state index in [2.05, 4.69) is 13.8 Å². The van der Waals surface area contributed by atoms with Crippen LogP contribution in [0.2, 0.25) is 0 Å². The van der Waals surface area contributed by atoms with E-state index < -0.39 is 0 Å². The molecule has 0 aliphatic carbocycles. The SMILES string of the molecule is CC(=[N-])/C=C\[C-]=O.[CH2-]C1(C)COC1.[Li+]. The number of ether oxygens (including phenoxy) is 1. The molecule has 0 spiro atoms. The van der Waals surface area contributed by atoms with Gasteiger partial charge in [-0.1, -0.05) is 13.8 Å². The van der Waals surface area contributed by atoms with Gasteiger partial charge in [-0.25, -0.2) is 6.08 Å². The Morgan fingerprint density at radius 2 is 2.07 bits per heavy atom. The van der Waals surface area contributed by atoms with E-state index in [1.165, 1.54) is 19.3 Å². The van der Waals surface area contributed by atoms with E-state index in [0.717, 1.165) is 19.3 Å². The van der Waals surface area contributed by atoms with E-state index in [0.29, 0.717) is 0 Å². The minimum absolute atomic E-state index is 0. The number of nitrogens with zero attached hydrogens (tertiary/aromatic N) is 1. The van der Waals surface area contributed by atoms with Crippen molar-refractivity contribution in [1.29, 1.82) is 0 Å². The summed E-state index contributed by atoms with van der Waals surface area (Å²) in [6, 6.07) is 0. The molecule has 1 fully saturated rings. The van der Waals surface area contributed by atoms with Crippen molar-refractivity contribution in [2.45, 2.75) is 13.8 Å². The molecule has 1 aliphatic heterocycles. The van der Waals surface area contributed by atoms with E-state index in [9.17, 15) is 4.79 Å². The Bertz CT molecular complexity index is 206. The molecule has 1 heterocycles. The van der Waals surface area contributed by atoms with Crippen molar-refractivity contribution in [3.05, 3.63) is 24.5 Å². The minimum atomic E-state index is 0. The normalized spacial score (nSPS) is 17.1. The average Bonchev–Trinajstić information content (AvgIpc) is 1.99. The monoisotopic (exact) mass is 187 g/mol. The first-order valence-electron chi connectivity index (χ1n) is 3.98. The van der Waals surface area contributed by atoms with E-state index >= 15 is 0 Å². The molecule has 74 valence electrons. The summed E-state index contributed by atoms with van der Waals surface area (Å²) in [6.07, 6.45) is 3.86. The molecule has 0 unspecified atom stereocenters. The zero-order valence-corrected chi connectivity index (χ0v) is 9.04. The summed E-state index contributed by atoms with van der Waals surface area (Å²) in [5.41, 5.74) is 0.364. The Morgan fingerprint density at radius 1 is 1.64 bits per heavy atom. The van der Waals surface area contributed by atoms with Gasteiger partial charge in [-0.2, -0.15) is 6.08 Å². The Morgan fingerprint density at radius 3 is 2.14 bits per heavy atom. The predicted molar refractivity (Wildman–Crippen MR) is 53.2 cm³/mol. The van der Waals surface area contributed by atoms with Crippen LogP contribution in [0.1, 0.15) is 13.8 Å². The predicted octanol–water partition coefficient (Wildman–Crippen LogP) is -1.46. The third-order valence-corrected chi connectivity index (χ3v) is 1.29. The van der Waals surface area contributed by atoms with Crippen molar-refractivity contribution < 1.29 is 28.4 Å². The molecule has 0 radical (unpaired) electrons. The van der Waals surface area contributed by atoms with Gasteiger partial charge in [-0.05, 0) is 6.29 Å². The summed E-state index contributed by atoms with van der Waals surface area (Å²) < 4.78 is 4.88. The molecule has 1 saturated heterocycles. The van der Waals surface area contributed by atoms with Crippen molar-refractivity contribution in [3.63, 3.8) is 0 Å². The number of hydrogen-bond donors (Lipinski definition) is 0. The van der Waals surface area contributed by atoms with Gasteiger partial charge in [0.1, 0.15) is 0 Å². The second-order valence-electron chi connectivity index (χ2n) is 3.40. The molecule has 0 amide bonds. The van der Waals surface area contributed by atoms with Crippen LogP contribution in [0.4, 0.5) is 0 Å². The van der Waals surface area contributed by atoms with Gasteiger partial charge in [0.05, 0.1) is 0 Å². The molecule has 0 aromatic carbocycles. The van der Waals surface area contributed by atoms with Crippen LogP contribution < -0.4 is 18.9 Å². The Labute approximate surface area is 97.6 Å². The first-order valence-corrected chi connectivity index (χ1v) is 3.98. The Kier molecular flexibility index (Phi) is 9.18. The molecule has 0 aromatic heterocycles. The minimum Gasteiger partial charge on any atom is -0.824 e. The molecule has 0 N–H and O–H groups in total. The first-order chi connectivity index (χ1) is 5.98. The van der Waals surface area contributed by atoms with Crippen LogP contribution in [0, 0.1) is 12.3 Å². The summed E-state index contributed by atoms with van der Waals surface area (Å²) in [7, 11) is 0. The van der Waals surface area contributed by atoms with Gasteiger partial charge in [0.2, 0.25) is 0 Å². The van der Waals surface area contributed by atoms with Crippen LogP contribution in [-0.4, -0.2) is 25.2 Å². The summed E-state index contributed by atoms with van der Waals surface area (Å²) in [5.74, 6) is 0. The molecule has 1 aliphatic rings. The zero-order chi connectivity index (χ0) is 10.3. The summed E-state index contributed by atoms with van der Waals surface area (Å²) in [6.45, 7) is 9.11. The molecule has 0 aromatic rings. The standard InChI is InChI=1S/C5H5NO.C5H9O.Li/c1-5(6)3-2-4-7;1-5(2)3-6-4-5;/h2-3H,1H3;1,3-4H2,2H3;/q-2;-1;+1/b3-2-;;. The molecule has 0 saturated carbocycles. The number of hydrogen-bond acceptors (Lipinski definition) is 2.